The third-order valence-electron chi connectivity index (χ3n) is 2.61. The topological polar surface area (TPSA) is 24.9 Å². The standard InChI is InChI=1S/C10H22N2O2S/c1-3-4-5-6-11-7-9-12(10-8-11)13-14-15-2/h3-10H2,1-2H3. The van der Waals surface area contributed by atoms with Crippen molar-refractivity contribution in [3.05, 3.63) is 0 Å². The van der Waals surface area contributed by atoms with Gasteiger partial charge in [-0.3, -0.25) is 0 Å². The molecule has 0 N–H and O–H groups in total. The number of piperazine rings is 1. The number of nitrogens with zero attached hydrogens (tertiary/aromatic N) is 2. The highest BCUT2D eigenvalue weighted by molar-refractivity contribution is 7.93. The van der Waals surface area contributed by atoms with E-state index in [2.05, 4.69) is 11.8 Å². The maximum absolute atomic E-state index is 5.08. The monoisotopic (exact) mass is 234 g/mol. The lowest BCUT2D eigenvalue weighted by Gasteiger charge is -2.32. The summed E-state index contributed by atoms with van der Waals surface area (Å²) < 4.78 is 4.83. The number of hydrogen-bond acceptors (Lipinski definition) is 5. The summed E-state index contributed by atoms with van der Waals surface area (Å²) in [7, 11) is 0. The van der Waals surface area contributed by atoms with Gasteiger partial charge in [-0.05, 0) is 13.0 Å². The lowest BCUT2D eigenvalue weighted by atomic mass is 10.2. The predicted octanol–water partition coefficient (Wildman–Crippen LogP) is 1.94. The van der Waals surface area contributed by atoms with Crippen LogP contribution in [0.4, 0.5) is 0 Å². The zero-order valence-electron chi connectivity index (χ0n) is 9.78. The van der Waals surface area contributed by atoms with Crippen molar-refractivity contribution in [3.63, 3.8) is 0 Å². The van der Waals surface area contributed by atoms with Crippen LogP contribution in [0.5, 0.6) is 0 Å². The first-order valence-corrected chi connectivity index (χ1v) is 6.86. The highest BCUT2D eigenvalue weighted by Crippen LogP contribution is 2.07. The normalized spacial score (nSPS) is 19.6. The van der Waals surface area contributed by atoms with E-state index in [0.29, 0.717) is 0 Å². The second-order valence-corrected chi connectivity index (χ2v) is 4.26. The summed E-state index contributed by atoms with van der Waals surface area (Å²) >= 11 is 1.24. The first-order chi connectivity index (χ1) is 7.36. The zero-order valence-corrected chi connectivity index (χ0v) is 10.6. The molecule has 0 aromatic rings. The minimum atomic E-state index is 0.937. The molecular formula is C10H22N2O2S. The number of hydroxylamine groups is 2. The molecule has 0 aromatic heterocycles. The maximum Gasteiger partial charge on any atom is 0.0399 e. The summed E-state index contributed by atoms with van der Waals surface area (Å²) in [5.41, 5.74) is 0. The van der Waals surface area contributed by atoms with Gasteiger partial charge in [-0.25, -0.2) is 0 Å². The summed E-state index contributed by atoms with van der Waals surface area (Å²) in [5, 5.41) is 1.88. The van der Waals surface area contributed by atoms with Gasteiger partial charge in [-0.1, -0.05) is 19.8 Å². The Bertz CT molecular complexity index is 152. The van der Waals surface area contributed by atoms with Gasteiger partial charge in [-0.2, -0.15) is 5.06 Å². The van der Waals surface area contributed by atoms with Crippen LogP contribution in [0.2, 0.25) is 0 Å². The third kappa shape index (κ3) is 5.73. The highest BCUT2D eigenvalue weighted by Gasteiger charge is 2.17. The van der Waals surface area contributed by atoms with Crippen LogP contribution in [-0.2, 0) is 9.32 Å². The number of rotatable bonds is 7. The molecule has 4 nitrogen and oxygen atoms in total. The van der Waals surface area contributed by atoms with Gasteiger partial charge in [0.15, 0.2) is 0 Å². The van der Waals surface area contributed by atoms with E-state index in [0.717, 1.165) is 26.2 Å². The Labute approximate surface area is 97.0 Å². The molecule has 90 valence electrons. The zero-order chi connectivity index (χ0) is 10.9. The predicted molar refractivity (Wildman–Crippen MR) is 63.2 cm³/mol. The SMILES string of the molecule is CCCCCN1CCN(OOSC)CC1. The van der Waals surface area contributed by atoms with Crippen LogP contribution in [0.25, 0.3) is 0 Å². The van der Waals surface area contributed by atoms with Crippen molar-refractivity contribution >= 4 is 12.0 Å². The van der Waals surface area contributed by atoms with E-state index in [-0.39, 0.29) is 0 Å². The fourth-order valence-electron chi connectivity index (χ4n) is 1.69. The molecule has 0 atom stereocenters. The Kier molecular flexibility index (Phi) is 7.38. The molecular weight excluding hydrogens is 212 g/mol. The van der Waals surface area contributed by atoms with Crippen LogP contribution in [0.15, 0.2) is 0 Å². The van der Waals surface area contributed by atoms with E-state index in [1.807, 2.05) is 11.3 Å². The fraction of sp³-hybridized carbons (Fsp3) is 1.00. The summed E-state index contributed by atoms with van der Waals surface area (Å²) in [4.78, 5) is 7.57. The molecule has 0 aromatic carbocycles. The van der Waals surface area contributed by atoms with Gasteiger partial charge in [0, 0.05) is 44.5 Å². The van der Waals surface area contributed by atoms with E-state index in [4.69, 9.17) is 9.32 Å². The Morgan fingerprint density at radius 3 is 2.47 bits per heavy atom. The van der Waals surface area contributed by atoms with Crippen molar-refractivity contribution in [3.8, 4) is 0 Å². The molecule has 1 rings (SSSR count). The molecule has 0 aliphatic carbocycles. The summed E-state index contributed by atoms with van der Waals surface area (Å²) in [6.07, 6.45) is 5.80. The van der Waals surface area contributed by atoms with Crippen LogP contribution in [0, 0.1) is 0 Å². The van der Waals surface area contributed by atoms with E-state index in [1.54, 1.807) is 0 Å². The van der Waals surface area contributed by atoms with Gasteiger partial charge in [0.25, 0.3) is 0 Å². The van der Waals surface area contributed by atoms with Crippen molar-refractivity contribution in [2.75, 3.05) is 39.0 Å². The van der Waals surface area contributed by atoms with E-state index >= 15 is 0 Å². The van der Waals surface area contributed by atoms with Crippen molar-refractivity contribution in [1.82, 2.24) is 9.96 Å². The lowest BCUT2D eigenvalue weighted by Crippen LogP contribution is -2.46. The second kappa shape index (κ2) is 8.35. The van der Waals surface area contributed by atoms with E-state index in [9.17, 15) is 0 Å². The minimum Gasteiger partial charge on any atom is -0.301 e. The number of hydrogen-bond donors (Lipinski definition) is 0. The molecule has 5 heteroatoms. The molecule has 1 saturated heterocycles. The fourth-order valence-corrected chi connectivity index (χ4v) is 1.83. The van der Waals surface area contributed by atoms with Crippen LogP contribution >= 0.6 is 12.0 Å². The maximum atomic E-state index is 5.08. The van der Waals surface area contributed by atoms with Gasteiger partial charge in [0.05, 0.1) is 0 Å². The Morgan fingerprint density at radius 2 is 1.87 bits per heavy atom. The average molecular weight is 234 g/mol. The molecule has 1 heterocycles. The quantitative estimate of drug-likeness (QED) is 0.290. The summed E-state index contributed by atoms with van der Waals surface area (Å²) in [6.45, 7) is 7.51. The van der Waals surface area contributed by atoms with Crippen molar-refractivity contribution < 1.29 is 9.32 Å². The smallest absolute Gasteiger partial charge is 0.0399 e. The van der Waals surface area contributed by atoms with Gasteiger partial charge in [0.1, 0.15) is 0 Å². The third-order valence-corrected chi connectivity index (χ3v) is 2.81. The average Bonchev–Trinajstić information content (AvgIpc) is 2.28. The molecule has 1 aliphatic heterocycles. The van der Waals surface area contributed by atoms with Crippen molar-refractivity contribution in [2.24, 2.45) is 0 Å². The van der Waals surface area contributed by atoms with Crippen LogP contribution in [-0.4, -0.2) is 48.9 Å². The second-order valence-electron chi connectivity index (χ2n) is 3.79. The first-order valence-electron chi connectivity index (χ1n) is 5.71. The van der Waals surface area contributed by atoms with Crippen LogP contribution in [0.3, 0.4) is 0 Å². The van der Waals surface area contributed by atoms with E-state index < -0.39 is 0 Å². The van der Waals surface area contributed by atoms with Gasteiger partial charge >= 0.3 is 0 Å². The van der Waals surface area contributed by atoms with Crippen molar-refractivity contribution in [2.45, 2.75) is 26.2 Å². The molecule has 0 radical (unpaired) electrons. The van der Waals surface area contributed by atoms with Gasteiger partial charge < -0.3 is 4.90 Å². The Hall–Kier alpha value is 0.190. The first kappa shape index (κ1) is 13.3. The summed E-state index contributed by atoms with van der Waals surface area (Å²) in [6, 6.07) is 0. The molecule has 1 aliphatic rings. The van der Waals surface area contributed by atoms with Gasteiger partial charge in [-0.15, -0.1) is 9.32 Å². The van der Waals surface area contributed by atoms with Crippen LogP contribution in [0.1, 0.15) is 26.2 Å². The van der Waals surface area contributed by atoms with Gasteiger partial charge in [0.2, 0.25) is 0 Å². The largest absolute Gasteiger partial charge is 0.301 e. The molecule has 0 bridgehead atoms. The lowest BCUT2D eigenvalue weighted by molar-refractivity contribution is -0.365. The molecule has 0 spiro atoms. The molecule has 0 saturated carbocycles. The summed E-state index contributed by atoms with van der Waals surface area (Å²) in [5.74, 6) is 0. The molecule has 15 heavy (non-hydrogen) atoms. The Morgan fingerprint density at radius 1 is 1.13 bits per heavy atom. The Balaban J connectivity index is 2.02. The van der Waals surface area contributed by atoms with E-state index in [1.165, 1.54) is 37.8 Å². The van der Waals surface area contributed by atoms with Crippen LogP contribution < -0.4 is 0 Å². The molecule has 0 amide bonds. The minimum absolute atomic E-state index is 0.937. The molecule has 1 fully saturated rings. The number of unbranched alkanes of at least 4 members (excludes halogenated alkanes) is 2. The molecule has 0 unspecified atom stereocenters. The highest BCUT2D eigenvalue weighted by atomic mass is 32.2. The van der Waals surface area contributed by atoms with Crippen molar-refractivity contribution in [1.29, 1.82) is 0 Å².